The molecule has 2 aromatic carbocycles. The molecule has 1 N–H and O–H groups in total. The monoisotopic (exact) mass is 362 g/mol. The Balaban J connectivity index is 1.78. The predicted octanol–water partition coefficient (Wildman–Crippen LogP) is 4.11. The van der Waals surface area contributed by atoms with Crippen molar-refractivity contribution in [1.29, 1.82) is 0 Å². The van der Waals surface area contributed by atoms with Gasteiger partial charge in [0.05, 0.1) is 6.61 Å². The van der Waals surface area contributed by atoms with Crippen LogP contribution in [0.5, 0.6) is 5.75 Å². The molecule has 0 spiro atoms. The van der Waals surface area contributed by atoms with E-state index in [4.69, 9.17) is 4.74 Å². The van der Waals surface area contributed by atoms with E-state index in [1.54, 1.807) is 0 Å². The first kappa shape index (κ1) is 17.7. The normalized spacial score (nSPS) is 23.1. The van der Waals surface area contributed by atoms with Gasteiger partial charge in [0.1, 0.15) is 11.4 Å². The Morgan fingerprint density at radius 3 is 2.81 bits per heavy atom. The van der Waals surface area contributed by atoms with Crippen LogP contribution in [0.15, 0.2) is 54.6 Å². The Morgan fingerprint density at radius 1 is 1.19 bits per heavy atom. The van der Waals surface area contributed by atoms with Crippen LogP contribution in [0.3, 0.4) is 0 Å². The zero-order valence-electron chi connectivity index (χ0n) is 16.2. The molecule has 140 valence electrons. The number of amides is 1. The Bertz CT molecular complexity index is 903. The lowest BCUT2D eigenvalue weighted by atomic mass is 9.74. The second-order valence-electron chi connectivity index (χ2n) is 7.70. The number of fused-ring (bicyclic) bond motifs is 3. The van der Waals surface area contributed by atoms with Gasteiger partial charge < -0.3 is 15.0 Å². The zero-order valence-corrected chi connectivity index (χ0v) is 16.2. The number of ether oxygens (including phenoxy) is 1. The maximum atomic E-state index is 12.4. The lowest BCUT2D eigenvalue weighted by Crippen LogP contribution is -2.68. The van der Waals surface area contributed by atoms with Crippen LogP contribution in [-0.4, -0.2) is 24.7 Å². The third-order valence-electron chi connectivity index (χ3n) is 5.83. The molecule has 0 aromatic heterocycles. The minimum atomic E-state index is -0.576. The number of rotatable bonds is 4. The molecule has 1 atom stereocenters. The summed E-state index contributed by atoms with van der Waals surface area (Å²) in [7, 11) is 0. The highest BCUT2D eigenvalue weighted by molar-refractivity contribution is 5.84. The van der Waals surface area contributed by atoms with Gasteiger partial charge in [0.2, 0.25) is 5.91 Å². The second kappa shape index (κ2) is 6.45. The van der Waals surface area contributed by atoms with E-state index < -0.39 is 5.66 Å². The number of nitrogens with zero attached hydrogens (tertiary/aromatic N) is 1. The van der Waals surface area contributed by atoms with Crippen LogP contribution >= 0.6 is 0 Å². The number of hydrogen-bond donors (Lipinski definition) is 1. The number of anilines is 1. The van der Waals surface area contributed by atoms with E-state index in [2.05, 4.69) is 66.5 Å². The summed E-state index contributed by atoms with van der Waals surface area (Å²) in [6, 6.07) is 16.5. The fourth-order valence-electron chi connectivity index (χ4n) is 4.41. The highest BCUT2D eigenvalue weighted by Crippen LogP contribution is 2.52. The van der Waals surface area contributed by atoms with E-state index >= 15 is 0 Å². The third kappa shape index (κ3) is 2.71. The van der Waals surface area contributed by atoms with Crippen LogP contribution in [0.25, 0.3) is 6.08 Å². The molecule has 27 heavy (non-hydrogen) atoms. The first-order valence-corrected chi connectivity index (χ1v) is 9.58. The Hall–Kier alpha value is -2.75. The van der Waals surface area contributed by atoms with Crippen LogP contribution < -0.4 is 15.0 Å². The minimum Gasteiger partial charge on any atom is -0.494 e. The topological polar surface area (TPSA) is 41.6 Å². The fourth-order valence-corrected chi connectivity index (χ4v) is 4.41. The SMILES string of the molecule is CCOc1cccc(/C=C/[C@@]23NC(=O)CCN2c2ccccc2C3(C)C)c1. The molecule has 2 aromatic rings. The van der Waals surface area contributed by atoms with Gasteiger partial charge in [-0.25, -0.2) is 0 Å². The number of nitrogens with one attached hydrogen (secondary N) is 1. The molecular formula is C23H26N2O2. The largest absolute Gasteiger partial charge is 0.494 e. The molecule has 4 rings (SSSR count). The average molecular weight is 362 g/mol. The van der Waals surface area contributed by atoms with Crippen molar-refractivity contribution in [3.63, 3.8) is 0 Å². The fraction of sp³-hybridized carbons (Fsp3) is 0.348. The molecule has 1 amide bonds. The van der Waals surface area contributed by atoms with E-state index in [-0.39, 0.29) is 11.3 Å². The molecule has 2 aliphatic heterocycles. The van der Waals surface area contributed by atoms with Gasteiger partial charge in [-0.3, -0.25) is 4.79 Å². The Labute approximate surface area is 160 Å². The van der Waals surface area contributed by atoms with Gasteiger partial charge in [0.25, 0.3) is 0 Å². The van der Waals surface area contributed by atoms with E-state index in [0.29, 0.717) is 13.0 Å². The van der Waals surface area contributed by atoms with Gasteiger partial charge in [0, 0.05) is 24.1 Å². The molecule has 0 aliphatic carbocycles. The van der Waals surface area contributed by atoms with E-state index in [0.717, 1.165) is 17.9 Å². The van der Waals surface area contributed by atoms with Gasteiger partial charge in [-0.1, -0.05) is 50.3 Å². The lowest BCUT2D eigenvalue weighted by Gasteiger charge is -2.49. The molecule has 0 saturated carbocycles. The molecule has 2 heterocycles. The molecule has 1 saturated heterocycles. The first-order valence-electron chi connectivity index (χ1n) is 9.58. The maximum absolute atomic E-state index is 12.4. The van der Waals surface area contributed by atoms with Crippen molar-refractivity contribution in [3.05, 3.63) is 65.7 Å². The lowest BCUT2D eigenvalue weighted by molar-refractivity contribution is -0.124. The molecule has 0 unspecified atom stereocenters. The summed E-state index contributed by atoms with van der Waals surface area (Å²) in [6.45, 7) is 7.75. The number of hydrogen-bond acceptors (Lipinski definition) is 3. The number of carbonyl (C=O) groups is 1. The van der Waals surface area contributed by atoms with Crippen molar-refractivity contribution in [2.75, 3.05) is 18.1 Å². The van der Waals surface area contributed by atoms with Gasteiger partial charge in [-0.2, -0.15) is 0 Å². The average Bonchev–Trinajstić information content (AvgIpc) is 2.85. The van der Waals surface area contributed by atoms with Crippen LogP contribution in [0.4, 0.5) is 5.69 Å². The second-order valence-corrected chi connectivity index (χ2v) is 7.70. The van der Waals surface area contributed by atoms with Crippen LogP contribution in [0.1, 0.15) is 38.3 Å². The maximum Gasteiger partial charge on any atom is 0.223 e. The quantitative estimate of drug-likeness (QED) is 0.890. The van der Waals surface area contributed by atoms with Gasteiger partial charge in [-0.05, 0) is 42.3 Å². The molecule has 1 fully saturated rings. The van der Waals surface area contributed by atoms with Gasteiger partial charge in [0.15, 0.2) is 0 Å². The van der Waals surface area contributed by atoms with Gasteiger partial charge >= 0.3 is 0 Å². The Kier molecular flexibility index (Phi) is 4.22. The van der Waals surface area contributed by atoms with Crippen molar-refractivity contribution in [2.45, 2.75) is 38.3 Å². The molecule has 4 nitrogen and oxygen atoms in total. The van der Waals surface area contributed by atoms with Crippen molar-refractivity contribution < 1.29 is 9.53 Å². The number of carbonyl (C=O) groups excluding carboxylic acids is 1. The molecule has 0 bridgehead atoms. The first-order chi connectivity index (χ1) is 13.0. The van der Waals surface area contributed by atoms with Crippen LogP contribution in [-0.2, 0) is 10.2 Å². The summed E-state index contributed by atoms with van der Waals surface area (Å²) in [6.07, 6.45) is 4.75. The van der Waals surface area contributed by atoms with Crippen LogP contribution in [0, 0.1) is 0 Å². The van der Waals surface area contributed by atoms with Gasteiger partial charge in [-0.15, -0.1) is 0 Å². The highest BCUT2D eigenvalue weighted by atomic mass is 16.5. The van der Waals surface area contributed by atoms with E-state index in [9.17, 15) is 4.79 Å². The standard InChI is InChI=1S/C23H26N2O2/c1-4-27-18-9-7-8-17(16-18)12-14-23-22(2,3)19-10-5-6-11-20(19)25(23)15-13-21(26)24-23/h5-12,14,16H,4,13,15H2,1-3H3,(H,24,26)/b14-12+/t23-/m1/s1. The molecule has 0 radical (unpaired) electrons. The van der Waals surface area contributed by atoms with Crippen LogP contribution in [0.2, 0.25) is 0 Å². The van der Waals surface area contributed by atoms with Crippen molar-refractivity contribution in [2.24, 2.45) is 0 Å². The molecule has 4 heteroatoms. The van der Waals surface area contributed by atoms with Crippen molar-refractivity contribution in [1.82, 2.24) is 5.32 Å². The summed E-state index contributed by atoms with van der Waals surface area (Å²) >= 11 is 0. The summed E-state index contributed by atoms with van der Waals surface area (Å²) < 4.78 is 5.62. The smallest absolute Gasteiger partial charge is 0.223 e. The highest BCUT2D eigenvalue weighted by Gasteiger charge is 2.57. The summed E-state index contributed by atoms with van der Waals surface area (Å²) in [5.74, 6) is 0.954. The van der Waals surface area contributed by atoms with Crippen molar-refractivity contribution in [3.8, 4) is 5.75 Å². The zero-order chi connectivity index (χ0) is 19.1. The van der Waals surface area contributed by atoms with E-state index in [1.807, 2.05) is 25.1 Å². The minimum absolute atomic E-state index is 0.0971. The summed E-state index contributed by atoms with van der Waals surface area (Å²) in [5, 5.41) is 3.31. The predicted molar refractivity (Wildman–Crippen MR) is 109 cm³/mol. The molecular weight excluding hydrogens is 336 g/mol. The molecule has 2 aliphatic rings. The summed E-state index contributed by atoms with van der Waals surface area (Å²) in [4.78, 5) is 14.7. The number of para-hydroxylation sites is 1. The van der Waals surface area contributed by atoms with E-state index in [1.165, 1.54) is 11.3 Å². The number of benzene rings is 2. The Morgan fingerprint density at radius 2 is 2.00 bits per heavy atom. The summed E-state index contributed by atoms with van der Waals surface area (Å²) in [5.41, 5.74) is 2.69. The van der Waals surface area contributed by atoms with Crippen molar-refractivity contribution >= 4 is 17.7 Å². The third-order valence-corrected chi connectivity index (χ3v) is 5.83.